The predicted octanol–water partition coefficient (Wildman–Crippen LogP) is 1.23. The van der Waals surface area contributed by atoms with Crippen LogP contribution in [0.25, 0.3) is 0 Å². The van der Waals surface area contributed by atoms with Crippen molar-refractivity contribution in [3.63, 3.8) is 0 Å². The Balaban J connectivity index is -0.0000000914. The number of likely N-dealkylation sites (N-methyl/N-ethyl adjacent to an activating group) is 1. The van der Waals surface area contributed by atoms with Crippen LogP contribution in [-0.2, 0) is 0 Å². The molecule has 1 N–H and O–H groups in total. The van der Waals surface area contributed by atoms with Gasteiger partial charge in [0.2, 0.25) is 0 Å². The molecule has 0 radical (unpaired) electrons. The molecule has 0 amide bonds. The van der Waals surface area contributed by atoms with Crippen LogP contribution in [0.15, 0.2) is 0 Å². The second-order valence-electron chi connectivity index (χ2n) is 2.32. The molecule has 0 aliphatic carbocycles. The van der Waals surface area contributed by atoms with Gasteiger partial charge in [-0.3, -0.25) is 0 Å². The SMILES string of the molecule is C.C.C.CN1CC1.CN1CN1. The normalized spacial score (nSPS) is 24.0. The lowest BCUT2D eigenvalue weighted by atomic mass is 11.0. The molecule has 0 aromatic carbocycles. The fourth-order valence-electron chi connectivity index (χ4n) is 0.171. The number of rotatable bonds is 0. The van der Waals surface area contributed by atoms with Crippen molar-refractivity contribution in [2.45, 2.75) is 22.3 Å². The molecule has 11 heavy (non-hydrogen) atoms. The minimum atomic E-state index is 0. The summed E-state index contributed by atoms with van der Waals surface area (Å²) in [4.78, 5) is 2.25. The molecular formula is C8H25N3. The maximum absolute atomic E-state index is 2.93. The highest BCUT2D eigenvalue weighted by molar-refractivity contribution is 4.64. The van der Waals surface area contributed by atoms with E-state index < -0.39 is 0 Å². The first-order valence-corrected chi connectivity index (χ1v) is 2.92. The summed E-state index contributed by atoms with van der Waals surface area (Å²) in [5, 5.41) is 2.00. The molecule has 2 rings (SSSR count). The highest BCUT2D eigenvalue weighted by Gasteiger charge is 2.07. The number of hydrogen-bond acceptors (Lipinski definition) is 3. The molecule has 3 heteroatoms. The third-order valence-electron chi connectivity index (χ3n) is 1.15. The first-order chi connectivity index (χ1) is 3.79. The monoisotopic (exact) mass is 163 g/mol. The molecule has 72 valence electrons. The van der Waals surface area contributed by atoms with Gasteiger partial charge in [0.05, 0.1) is 6.67 Å². The van der Waals surface area contributed by atoms with E-state index in [-0.39, 0.29) is 22.3 Å². The second kappa shape index (κ2) is 7.98. The summed E-state index contributed by atoms with van der Waals surface area (Å²) in [7, 11) is 4.11. The van der Waals surface area contributed by atoms with Gasteiger partial charge < -0.3 is 4.90 Å². The van der Waals surface area contributed by atoms with Crippen molar-refractivity contribution < 1.29 is 0 Å². The molecule has 2 aliphatic heterocycles. The van der Waals surface area contributed by atoms with E-state index in [1.165, 1.54) is 13.1 Å². The van der Waals surface area contributed by atoms with Crippen LogP contribution in [0.5, 0.6) is 0 Å². The second-order valence-corrected chi connectivity index (χ2v) is 2.32. The van der Waals surface area contributed by atoms with Gasteiger partial charge in [0.1, 0.15) is 0 Å². The van der Waals surface area contributed by atoms with Crippen molar-refractivity contribution in [1.29, 1.82) is 0 Å². The van der Waals surface area contributed by atoms with E-state index in [4.69, 9.17) is 0 Å². The molecule has 2 aliphatic rings. The maximum atomic E-state index is 2.93. The Hall–Kier alpha value is -0.120. The van der Waals surface area contributed by atoms with Crippen LogP contribution >= 0.6 is 0 Å². The molecule has 1 unspecified atom stereocenters. The van der Waals surface area contributed by atoms with E-state index in [0.717, 1.165) is 6.67 Å². The van der Waals surface area contributed by atoms with Crippen molar-refractivity contribution >= 4 is 0 Å². The number of hydrogen-bond donors (Lipinski definition) is 1. The van der Waals surface area contributed by atoms with Crippen molar-refractivity contribution in [3.8, 4) is 0 Å². The average Bonchev–Trinajstić information content (AvgIpc) is 2.47. The van der Waals surface area contributed by atoms with Crippen molar-refractivity contribution in [2.24, 2.45) is 0 Å². The Bertz CT molecular complexity index is 57.7. The summed E-state index contributed by atoms with van der Waals surface area (Å²) >= 11 is 0. The van der Waals surface area contributed by atoms with Crippen molar-refractivity contribution in [1.82, 2.24) is 15.3 Å². The smallest absolute Gasteiger partial charge is 0.0751 e. The van der Waals surface area contributed by atoms with Gasteiger partial charge in [-0.1, -0.05) is 22.3 Å². The molecule has 2 heterocycles. The van der Waals surface area contributed by atoms with E-state index >= 15 is 0 Å². The predicted molar refractivity (Wildman–Crippen MR) is 53.5 cm³/mol. The first-order valence-electron chi connectivity index (χ1n) is 2.92. The summed E-state index contributed by atoms with van der Waals surface area (Å²) in [6.07, 6.45) is 0. The van der Waals surface area contributed by atoms with Crippen LogP contribution in [0.3, 0.4) is 0 Å². The molecule has 2 fully saturated rings. The van der Waals surface area contributed by atoms with Crippen LogP contribution in [0.1, 0.15) is 22.3 Å². The highest BCUT2D eigenvalue weighted by atomic mass is 15.7. The molecule has 1 atom stereocenters. The summed E-state index contributed by atoms with van der Waals surface area (Å²) < 4.78 is 0. The quantitative estimate of drug-likeness (QED) is 0.544. The number of nitrogens with zero attached hydrogens (tertiary/aromatic N) is 2. The lowest BCUT2D eigenvalue weighted by Gasteiger charge is -1.66. The molecule has 0 aromatic heterocycles. The van der Waals surface area contributed by atoms with Crippen molar-refractivity contribution in [3.05, 3.63) is 0 Å². The largest absolute Gasteiger partial charge is 0.304 e. The molecule has 0 bridgehead atoms. The summed E-state index contributed by atoms with van der Waals surface area (Å²) in [6.45, 7) is 3.71. The van der Waals surface area contributed by atoms with E-state index in [9.17, 15) is 0 Å². The fraction of sp³-hybridized carbons (Fsp3) is 1.00. The van der Waals surface area contributed by atoms with Crippen molar-refractivity contribution in [2.75, 3.05) is 33.9 Å². The Morgan fingerprint density at radius 1 is 1.00 bits per heavy atom. The minimum Gasteiger partial charge on any atom is -0.304 e. The standard InChI is InChI=1S/C3H7N.C2H6N2.3CH4/c2*1-4-2-3-4;;;/h2-3H2,1H3;3H,2H2,1H3;3*1H4. The molecular weight excluding hydrogens is 138 g/mol. The van der Waals surface area contributed by atoms with E-state index in [1.54, 1.807) is 0 Å². The topological polar surface area (TPSA) is 28.0 Å². The average molecular weight is 163 g/mol. The zero-order chi connectivity index (χ0) is 5.98. The van der Waals surface area contributed by atoms with Gasteiger partial charge in [0, 0.05) is 20.1 Å². The lowest BCUT2D eigenvalue weighted by Crippen LogP contribution is -1.84. The summed E-state index contributed by atoms with van der Waals surface area (Å²) in [5.74, 6) is 0. The summed E-state index contributed by atoms with van der Waals surface area (Å²) in [5.41, 5.74) is 2.93. The van der Waals surface area contributed by atoms with Gasteiger partial charge in [0.15, 0.2) is 0 Å². The van der Waals surface area contributed by atoms with E-state index in [0.29, 0.717) is 0 Å². The van der Waals surface area contributed by atoms with Gasteiger partial charge in [0.25, 0.3) is 0 Å². The van der Waals surface area contributed by atoms with E-state index in [2.05, 4.69) is 17.4 Å². The molecule has 0 aromatic rings. The minimum absolute atomic E-state index is 0. The van der Waals surface area contributed by atoms with Crippen LogP contribution in [-0.4, -0.2) is 43.8 Å². The van der Waals surface area contributed by atoms with Gasteiger partial charge in [-0.2, -0.15) is 0 Å². The number of hydrazine groups is 1. The van der Waals surface area contributed by atoms with Gasteiger partial charge in [-0.05, 0) is 7.05 Å². The Morgan fingerprint density at radius 3 is 1.18 bits per heavy atom. The summed E-state index contributed by atoms with van der Waals surface area (Å²) in [6, 6.07) is 0. The number of nitrogens with one attached hydrogen (secondary N) is 1. The van der Waals surface area contributed by atoms with Gasteiger partial charge in [-0.25, -0.2) is 10.4 Å². The maximum Gasteiger partial charge on any atom is 0.0751 e. The molecule has 2 saturated heterocycles. The van der Waals surface area contributed by atoms with Crippen LogP contribution in [0.2, 0.25) is 0 Å². The molecule has 0 saturated carbocycles. The zero-order valence-electron chi connectivity index (χ0n) is 5.52. The lowest BCUT2D eigenvalue weighted by molar-refractivity contribution is 0.634. The third kappa shape index (κ3) is 17.7. The molecule has 0 spiro atoms. The van der Waals surface area contributed by atoms with E-state index in [1.807, 2.05) is 12.1 Å². The zero-order valence-corrected chi connectivity index (χ0v) is 5.52. The Kier molecular flexibility index (Phi) is 12.4. The third-order valence-corrected chi connectivity index (χ3v) is 1.15. The van der Waals surface area contributed by atoms with Crippen LogP contribution in [0, 0.1) is 0 Å². The first kappa shape index (κ1) is 17.1. The highest BCUT2D eigenvalue weighted by Crippen LogP contribution is 1.93. The van der Waals surface area contributed by atoms with Gasteiger partial charge >= 0.3 is 0 Å². The fourth-order valence-corrected chi connectivity index (χ4v) is 0.171. The molecule has 3 nitrogen and oxygen atoms in total. The van der Waals surface area contributed by atoms with Gasteiger partial charge in [-0.15, -0.1) is 0 Å². The van der Waals surface area contributed by atoms with Crippen LogP contribution in [0.4, 0.5) is 0 Å². The van der Waals surface area contributed by atoms with Crippen LogP contribution < -0.4 is 5.43 Å². The Morgan fingerprint density at radius 2 is 1.18 bits per heavy atom. The Labute approximate surface area is 72.3 Å².